The molecule has 2 N–H and O–H groups in total. The van der Waals surface area contributed by atoms with Crippen LogP contribution in [0.25, 0.3) is 0 Å². The average molecular weight is 464 g/mol. The average Bonchev–Trinajstić information content (AvgIpc) is 3.15. The van der Waals surface area contributed by atoms with Crippen LogP contribution in [0.2, 0.25) is 0 Å². The Bertz CT molecular complexity index is 1120. The van der Waals surface area contributed by atoms with Gasteiger partial charge in [-0.25, -0.2) is 12.7 Å². The van der Waals surface area contributed by atoms with Crippen molar-refractivity contribution < 1.29 is 13.2 Å². The summed E-state index contributed by atoms with van der Waals surface area (Å²) >= 11 is 2.64. The third-order valence-corrected chi connectivity index (χ3v) is 7.79. The van der Waals surface area contributed by atoms with Gasteiger partial charge >= 0.3 is 0 Å². The predicted octanol–water partition coefficient (Wildman–Crippen LogP) is 3.65. The summed E-state index contributed by atoms with van der Waals surface area (Å²) in [7, 11) is -0.653. The van der Waals surface area contributed by atoms with Gasteiger partial charge in [0.1, 0.15) is 0 Å². The van der Waals surface area contributed by atoms with Gasteiger partial charge in [0, 0.05) is 25.5 Å². The first-order valence-electron chi connectivity index (χ1n) is 8.91. The maximum Gasteiger partial charge on any atom is 0.242 e. The molecule has 1 unspecified atom stereocenters. The highest BCUT2D eigenvalue weighted by atomic mass is 32.2. The Hall–Kier alpha value is -2.47. The highest BCUT2D eigenvalue weighted by molar-refractivity contribution is 8.02. The van der Waals surface area contributed by atoms with Gasteiger partial charge in [0.25, 0.3) is 0 Å². The van der Waals surface area contributed by atoms with Crippen LogP contribution in [-0.2, 0) is 14.8 Å². The lowest BCUT2D eigenvalue weighted by molar-refractivity contribution is -0.115. The van der Waals surface area contributed by atoms with Gasteiger partial charge in [-0.1, -0.05) is 47.4 Å². The molecule has 3 rings (SSSR count). The summed E-state index contributed by atoms with van der Waals surface area (Å²) in [4.78, 5) is 12.7. The fourth-order valence-electron chi connectivity index (χ4n) is 2.35. The molecular weight excluding hydrogens is 442 g/mol. The van der Waals surface area contributed by atoms with Crippen LogP contribution < -0.4 is 10.6 Å². The van der Waals surface area contributed by atoms with Crippen LogP contribution in [0.15, 0.2) is 63.8 Å². The molecule has 0 spiro atoms. The summed E-state index contributed by atoms with van der Waals surface area (Å²) in [6.07, 6.45) is 0. The number of para-hydroxylation sites is 1. The second-order valence-electron chi connectivity index (χ2n) is 6.43. The van der Waals surface area contributed by atoms with Crippen molar-refractivity contribution in [2.45, 2.75) is 21.4 Å². The molecule has 1 amide bonds. The molecule has 1 aromatic heterocycles. The number of benzene rings is 2. The summed E-state index contributed by atoms with van der Waals surface area (Å²) in [5.74, 6) is -0.257. The minimum atomic E-state index is -3.57. The molecule has 11 heteroatoms. The molecule has 158 valence electrons. The number of carbonyl (C=O) groups is 1. The first kappa shape index (κ1) is 22.2. The Balaban J connectivity index is 1.62. The van der Waals surface area contributed by atoms with Gasteiger partial charge in [0.2, 0.25) is 21.1 Å². The van der Waals surface area contributed by atoms with Crippen molar-refractivity contribution in [2.75, 3.05) is 24.7 Å². The topological polar surface area (TPSA) is 104 Å². The lowest BCUT2D eigenvalue weighted by Gasteiger charge is -2.14. The molecule has 0 saturated heterocycles. The minimum Gasteiger partial charge on any atom is -0.330 e. The van der Waals surface area contributed by atoms with Gasteiger partial charge in [-0.2, -0.15) is 0 Å². The van der Waals surface area contributed by atoms with Crippen LogP contribution >= 0.6 is 23.1 Å². The van der Waals surface area contributed by atoms with Crippen molar-refractivity contribution >= 4 is 55.5 Å². The Morgan fingerprint density at radius 1 is 1.07 bits per heavy atom. The van der Waals surface area contributed by atoms with Crippen LogP contribution in [0, 0.1) is 0 Å². The van der Waals surface area contributed by atoms with Crippen molar-refractivity contribution in [3.63, 3.8) is 0 Å². The van der Waals surface area contributed by atoms with E-state index in [2.05, 4.69) is 20.8 Å². The van der Waals surface area contributed by atoms with Gasteiger partial charge < -0.3 is 10.6 Å². The molecule has 0 saturated carbocycles. The van der Waals surface area contributed by atoms with E-state index >= 15 is 0 Å². The quantitative estimate of drug-likeness (QED) is 0.491. The van der Waals surface area contributed by atoms with E-state index in [-0.39, 0.29) is 10.8 Å². The van der Waals surface area contributed by atoms with Crippen LogP contribution in [0.4, 0.5) is 16.5 Å². The van der Waals surface area contributed by atoms with Crippen LogP contribution in [0.3, 0.4) is 0 Å². The van der Waals surface area contributed by atoms with E-state index < -0.39 is 15.3 Å². The van der Waals surface area contributed by atoms with E-state index in [1.807, 2.05) is 30.3 Å². The largest absolute Gasteiger partial charge is 0.330 e. The number of nitrogens with zero attached hydrogens (tertiary/aromatic N) is 3. The molecule has 0 radical (unpaired) electrons. The number of carbonyl (C=O) groups excluding carboxylic acids is 1. The fraction of sp³-hybridized carbons (Fsp3) is 0.211. The number of aromatic nitrogens is 2. The Kier molecular flexibility index (Phi) is 7.08. The van der Waals surface area contributed by atoms with Crippen LogP contribution in [-0.4, -0.2) is 48.2 Å². The van der Waals surface area contributed by atoms with Crippen molar-refractivity contribution in [1.82, 2.24) is 14.5 Å². The monoisotopic (exact) mass is 463 g/mol. The molecule has 30 heavy (non-hydrogen) atoms. The molecule has 8 nitrogen and oxygen atoms in total. The summed E-state index contributed by atoms with van der Waals surface area (Å²) < 4.78 is 26.3. The number of thioether (sulfide) groups is 1. The second kappa shape index (κ2) is 9.56. The molecular formula is C19H21N5O3S3. The van der Waals surface area contributed by atoms with Crippen molar-refractivity contribution in [3.05, 3.63) is 54.6 Å². The molecule has 0 fully saturated rings. The highest BCUT2D eigenvalue weighted by Gasteiger charge is 2.20. The number of hydrogen-bond acceptors (Lipinski definition) is 8. The molecule has 1 heterocycles. The van der Waals surface area contributed by atoms with Crippen molar-refractivity contribution in [3.8, 4) is 0 Å². The summed E-state index contributed by atoms with van der Waals surface area (Å²) in [5, 5.41) is 14.3. The van der Waals surface area contributed by atoms with E-state index in [1.54, 1.807) is 19.1 Å². The number of rotatable bonds is 8. The first-order chi connectivity index (χ1) is 14.3. The molecule has 3 aromatic rings. The Labute approximate surface area is 183 Å². The summed E-state index contributed by atoms with van der Waals surface area (Å²) in [6.45, 7) is 1.76. The van der Waals surface area contributed by atoms with E-state index in [4.69, 9.17) is 0 Å². The molecule has 0 aliphatic heterocycles. The van der Waals surface area contributed by atoms with Gasteiger partial charge in [-0.15, -0.1) is 10.2 Å². The van der Waals surface area contributed by atoms with Crippen molar-refractivity contribution in [2.24, 2.45) is 0 Å². The molecule has 0 aliphatic carbocycles. The molecule has 2 aromatic carbocycles. The smallest absolute Gasteiger partial charge is 0.242 e. The molecule has 0 aliphatic rings. The van der Waals surface area contributed by atoms with Gasteiger partial charge in [-0.05, 0) is 37.3 Å². The van der Waals surface area contributed by atoms with E-state index in [9.17, 15) is 13.2 Å². The number of sulfonamides is 1. The zero-order valence-electron chi connectivity index (χ0n) is 16.6. The number of amides is 1. The lowest BCUT2D eigenvalue weighted by Crippen LogP contribution is -2.24. The van der Waals surface area contributed by atoms with Crippen LogP contribution in [0.5, 0.6) is 0 Å². The fourth-order valence-corrected chi connectivity index (χ4v) is 5.21. The Morgan fingerprint density at radius 3 is 2.47 bits per heavy atom. The van der Waals surface area contributed by atoms with E-state index in [0.717, 1.165) is 9.99 Å². The number of anilines is 3. The third-order valence-electron chi connectivity index (χ3n) is 3.96. The molecule has 0 bridgehead atoms. The number of hydrogen-bond donors (Lipinski definition) is 2. The van der Waals surface area contributed by atoms with Gasteiger partial charge in [0.15, 0.2) is 4.34 Å². The zero-order chi connectivity index (χ0) is 21.7. The SMILES string of the molecule is CC(Sc1nnc(Nc2ccccc2)s1)C(=O)Nc1cccc(S(=O)(=O)N(C)C)c1. The third kappa shape index (κ3) is 5.57. The van der Waals surface area contributed by atoms with E-state index in [0.29, 0.717) is 15.2 Å². The first-order valence-corrected chi connectivity index (χ1v) is 12.0. The normalized spacial score (nSPS) is 12.5. The summed E-state index contributed by atoms with van der Waals surface area (Å²) in [6, 6.07) is 15.8. The Morgan fingerprint density at radius 2 is 1.77 bits per heavy atom. The maximum atomic E-state index is 12.6. The highest BCUT2D eigenvalue weighted by Crippen LogP contribution is 2.31. The predicted molar refractivity (Wildman–Crippen MR) is 121 cm³/mol. The van der Waals surface area contributed by atoms with Crippen molar-refractivity contribution in [1.29, 1.82) is 0 Å². The van der Waals surface area contributed by atoms with Crippen LogP contribution in [0.1, 0.15) is 6.92 Å². The maximum absolute atomic E-state index is 12.6. The zero-order valence-corrected chi connectivity index (χ0v) is 19.0. The van der Waals surface area contributed by atoms with Gasteiger partial charge in [-0.3, -0.25) is 4.79 Å². The minimum absolute atomic E-state index is 0.117. The van der Waals surface area contributed by atoms with E-state index in [1.165, 1.54) is 49.3 Å². The number of nitrogens with one attached hydrogen (secondary N) is 2. The van der Waals surface area contributed by atoms with Gasteiger partial charge in [0.05, 0.1) is 10.1 Å². The summed E-state index contributed by atoms with van der Waals surface area (Å²) in [5.41, 5.74) is 1.32. The molecule has 1 atom stereocenters. The standard InChI is InChI=1S/C19H21N5O3S3/c1-13(28-19-23-22-18(29-19)21-14-8-5-4-6-9-14)17(25)20-15-10-7-11-16(12-15)30(26,27)24(2)3/h4-13H,1-3H3,(H,20,25)(H,21,22). The lowest BCUT2D eigenvalue weighted by atomic mass is 10.3. The second-order valence-corrected chi connectivity index (χ2v) is 11.1.